The van der Waals surface area contributed by atoms with Gasteiger partial charge in [0.15, 0.2) is 0 Å². The number of nitrogen functional groups attached to an aromatic ring is 1. The number of rotatable bonds is 3. The van der Waals surface area contributed by atoms with Gasteiger partial charge in [-0.05, 0) is 37.1 Å². The maximum Gasteiger partial charge on any atom is 0.270 e. The number of amides is 1. The number of anilines is 1. The van der Waals surface area contributed by atoms with Crippen LogP contribution in [0.25, 0.3) is 10.9 Å². The van der Waals surface area contributed by atoms with E-state index >= 15 is 0 Å². The molecule has 1 amide bonds. The van der Waals surface area contributed by atoms with E-state index < -0.39 is 5.60 Å². The summed E-state index contributed by atoms with van der Waals surface area (Å²) in [5, 5.41) is 11.3. The maximum atomic E-state index is 12.5. The summed E-state index contributed by atoms with van der Waals surface area (Å²) in [4.78, 5) is 17.2. The molecule has 3 rings (SSSR count). The second kappa shape index (κ2) is 5.07. The van der Waals surface area contributed by atoms with Crippen LogP contribution in [-0.4, -0.2) is 40.1 Å². The first-order valence-corrected chi connectivity index (χ1v) is 7.33. The van der Waals surface area contributed by atoms with Gasteiger partial charge in [-0.15, -0.1) is 0 Å². The summed E-state index contributed by atoms with van der Waals surface area (Å²) in [5.74, 6) is -0.106. The molecule has 1 aliphatic carbocycles. The Morgan fingerprint density at radius 2 is 2.10 bits per heavy atom. The molecule has 1 fully saturated rings. The summed E-state index contributed by atoms with van der Waals surface area (Å²) in [5.41, 5.74) is 7.12. The summed E-state index contributed by atoms with van der Waals surface area (Å²) >= 11 is 0. The number of nitrogens with one attached hydrogen (secondary N) is 1. The minimum absolute atomic E-state index is 0.106. The van der Waals surface area contributed by atoms with Crippen molar-refractivity contribution in [1.29, 1.82) is 0 Å². The zero-order valence-corrected chi connectivity index (χ0v) is 12.2. The first-order chi connectivity index (χ1) is 9.97. The van der Waals surface area contributed by atoms with Crippen molar-refractivity contribution in [3.63, 3.8) is 0 Å². The minimum Gasteiger partial charge on any atom is -0.399 e. The van der Waals surface area contributed by atoms with Crippen LogP contribution in [0.5, 0.6) is 0 Å². The van der Waals surface area contributed by atoms with Gasteiger partial charge in [-0.2, -0.15) is 0 Å². The number of likely N-dealkylation sites (N-methyl/N-ethyl adjacent to an activating group) is 1. The number of aromatic nitrogens is 1. The predicted octanol–water partition coefficient (Wildman–Crippen LogP) is 2.13. The molecule has 21 heavy (non-hydrogen) atoms. The van der Waals surface area contributed by atoms with Gasteiger partial charge in [-0.25, -0.2) is 0 Å². The third-order valence-electron chi connectivity index (χ3n) is 4.29. The van der Waals surface area contributed by atoms with Gasteiger partial charge in [-0.3, -0.25) is 4.79 Å². The molecule has 0 aliphatic heterocycles. The third-order valence-corrected chi connectivity index (χ3v) is 4.29. The van der Waals surface area contributed by atoms with Crippen molar-refractivity contribution in [3.8, 4) is 0 Å². The zero-order chi connectivity index (χ0) is 15.0. The van der Waals surface area contributed by atoms with Crippen LogP contribution >= 0.6 is 0 Å². The monoisotopic (exact) mass is 287 g/mol. The SMILES string of the molecule is CN(CC1(O)CCCC1)C(=O)c1cc2cc(N)ccc2[nH]1. The fourth-order valence-corrected chi connectivity index (χ4v) is 3.18. The lowest BCUT2D eigenvalue weighted by atomic mass is 10.0. The number of aromatic amines is 1. The molecule has 0 radical (unpaired) electrons. The van der Waals surface area contributed by atoms with E-state index in [0.29, 0.717) is 17.9 Å². The first-order valence-electron chi connectivity index (χ1n) is 7.33. The number of aliphatic hydroxyl groups is 1. The van der Waals surface area contributed by atoms with Crippen molar-refractivity contribution in [2.75, 3.05) is 19.3 Å². The Balaban J connectivity index is 1.79. The molecule has 0 bridgehead atoms. The van der Waals surface area contributed by atoms with Gasteiger partial charge >= 0.3 is 0 Å². The molecule has 5 heteroatoms. The molecule has 112 valence electrons. The lowest BCUT2D eigenvalue weighted by Gasteiger charge is -2.28. The lowest BCUT2D eigenvalue weighted by Crippen LogP contribution is -2.42. The Morgan fingerprint density at radius 3 is 2.81 bits per heavy atom. The van der Waals surface area contributed by atoms with Crippen LogP contribution in [0.1, 0.15) is 36.2 Å². The smallest absolute Gasteiger partial charge is 0.270 e. The second-order valence-electron chi connectivity index (χ2n) is 6.12. The van der Waals surface area contributed by atoms with E-state index in [2.05, 4.69) is 4.98 Å². The van der Waals surface area contributed by atoms with Crippen LogP contribution in [-0.2, 0) is 0 Å². The highest BCUT2D eigenvalue weighted by Gasteiger charge is 2.33. The van der Waals surface area contributed by atoms with Gasteiger partial charge in [-0.1, -0.05) is 12.8 Å². The molecule has 4 N–H and O–H groups in total. The molecule has 1 aromatic heterocycles. The number of fused-ring (bicyclic) bond motifs is 1. The van der Waals surface area contributed by atoms with Crippen molar-refractivity contribution in [2.24, 2.45) is 0 Å². The number of nitrogens with two attached hydrogens (primary N) is 1. The molecular weight excluding hydrogens is 266 g/mol. The van der Waals surface area contributed by atoms with Gasteiger partial charge < -0.3 is 20.7 Å². The van der Waals surface area contributed by atoms with E-state index in [1.54, 1.807) is 18.0 Å². The predicted molar refractivity (Wildman–Crippen MR) is 83.1 cm³/mol. The average Bonchev–Trinajstić information content (AvgIpc) is 3.03. The molecule has 1 saturated carbocycles. The average molecular weight is 287 g/mol. The van der Waals surface area contributed by atoms with Gasteiger partial charge in [0.1, 0.15) is 5.69 Å². The number of benzene rings is 1. The van der Waals surface area contributed by atoms with Gasteiger partial charge in [0, 0.05) is 30.2 Å². The summed E-state index contributed by atoms with van der Waals surface area (Å²) in [6.07, 6.45) is 3.61. The fourth-order valence-electron chi connectivity index (χ4n) is 3.18. The Bertz CT molecular complexity index is 671. The number of hydrogen-bond acceptors (Lipinski definition) is 3. The van der Waals surface area contributed by atoms with E-state index in [-0.39, 0.29) is 5.91 Å². The van der Waals surface area contributed by atoms with E-state index in [9.17, 15) is 9.90 Å². The highest BCUT2D eigenvalue weighted by molar-refractivity contribution is 5.98. The topological polar surface area (TPSA) is 82.3 Å². The van der Waals surface area contributed by atoms with Crippen molar-refractivity contribution < 1.29 is 9.90 Å². The second-order valence-corrected chi connectivity index (χ2v) is 6.12. The molecule has 1 heterocycles. The highest BCUT2D eigenvalue weighted by Crippen LogP contribution is 2.30. The fraction of sp³-hybridized carbons (Fsp3) is 0.438. The summed E-state index contributed by atoms with van der Waals surface area (Å²) < 4.78 is 0. The number of hydrogen-bond donors (Lipinski definition) is 3. The third kappa shape index (κ3) is 2.74. The Hall–Kier alpha value is -2.01. The molecule has 0 saturated heterocycles. The number of carbonyl (C=O) groups is 1. The van der Waals surface area contributed by atoms with E-state index in [1.807, 2.05) is 18.2 Å². The molecule has 2 aromatic rings. The zero-order valence-electron chi connectivity index (χ0n) is 12.2. The first kappa shape index (κ1) is 13.9. The number of nitrogens with zero attached hydrogens (tertiary/aromatic N) is 1. The van der Waals surface area contributed by atoms with Crippen LogP contribution in [0.3, 0.4) is 0 Å². The Labute approximate surface area is 123 Å². The lowest BCUT2D eigenvalue weighted by molar-refractivity contribution is 0.0155. The molecule has 5 nitrogen and oxygen atoms in total. The maximum absolute atomic E-state index is 12.5. The van der Waals surface area contributed by atoms with Gasteiger partial charge in [0.25, 0.3) is 5.91 Å². The molecular formula is C16H21N3O2. The number of carbonyl (C=O) groups excluding carboxylic acids is 1. The van der Waals surface area contributed by atoms with Crippen molar-refractivity contribution in [3.05, 3.63) is 30.0 Å². The Kier molecular flexibility index (Phi) is 3.37. The normalized spacial score (nSPS) is 17.2. The van der Waals surface area contributed by atoms with Crippen LogP contribution < -0.4 is 5.73 Å². The van der Waals surface area contributed by atoms with E-state index in [4.69, 9.17) is 5.73 Å². The van der Waals surface area contributed by atoms with Gasteiger partial charge in [0.2, 0.25) is 0 Å². The summed E-state index contributed by atoms with van der Waals surface area (Å²) in [6, 6.07) is 7.32. The van der Waals surface area contributed by atoms with Crippen LogP contribution in [0.15, 0.2) is 24.3 Å². The molecule has 0 atom stereocenters. The van der Waals surface area contributed by atoms with Crippen LogP contribution in [0.2, 0.25) is 0 Å². The Morgan fingerprint density at radius 1 is 1.38 bits per heavy atom. The number of H-pyrrole nitrogens is 1. The standard InChI is InChI=1S/C16H21N3O2/c1-19(10-16(21)6-2-3-7-16)15(20)14-9-11-8-12(17)4-5-13(11)18-14/h4-5,8-9,18,21H,2-3,6-7,10,17H2,1H3. The molecule has 1 aliphatic rings. The van der Waals surface area contributed by atoms with Gasteiger partial charge in [0.05, 0.1) is 5.60 Å². The summed E-state index contributed by atoms with van der Waals surface area (Å²) in [6.45, 7) is 0.378. The van der Waals surface area contributed by atoms with Crippen molar-refractivity contribution >= 4 is 22.5 Å². The van der Waals surface area contributed by atoms with Crippen LogP contribution in [0.4, 0.5) is 5.69 Å². The van der Waals surface area contributed by atoms with Crippen molar-refractivity contribution in [2.45, 2.75) is 31.3 Å². The summed E-state index contributed by atoms with van der Waals surface area (Å²) in [7, 11) is 1.73. The quantitative estimate of drug-likeness (QED) is 0.756. The molecule has 1 aromatic carbocycles. The van der Waals surface area contributed by atoms with Crippen molar-refractivity contribution in [1.82, 2.24) is 9.88 Å². The molecule has 0 unspecified atom stereocenters. The van der Waals surface area contributed by atoms with E-state index in [0.717, 1.165) is 36.6 Å². The largest absolute Gasteiger partial charge is 0.399 e. The highest BCUT2D eigenvalue weighted by atomic mass is 16.3. The van der Waals surface area contributed by atoms with Crippen LogP contribution in [0, 0.1) is 0 Å². The molecule has 0 spiro atoms. The van der Waals surface area contributed by atoms with E-state index in [1.165, 1.54) is 0 Å². The minimum atomic E-state index is -0.721.